The van der Waals surface area contributed by atoms with E-state index in [1.54, 1.807) is 11.3 Å². The second-order valence-electron chi connectivity index (χ2n) is 3.84. The zero-order chi connectivity index (χ0) is 11.5. The van der Waals surface area contributed by atoms with Crippen molar-refractivity contribution >= 4 is 39.6 Å². The van der Waals surface area contributed by atoms with Crippen molar-refractivity contribution in [3.05, 3.63) is 49.7 Å². The molecule has 0 bridgehead atoms. The van der Waals surface area contributed by atoms with Crippen molar-refractivity contribution in [3.8, 4) is 0 Å². The third-order valence-electron chi connectivity index (χ3n) is 2.53. The number of hydrogen-bond donors (Lipinski definition) is 1. The van der Waals surface area contributed by atoms with Crippen molar-refractivity contribution in [2.45, 2.75) is 19.9 Å². The van der Waals surface area contributed by atoms with Crippen LogP contribution < -0.4 is 5.32 Å². The number of aryl methyl sites for hydroxylation is 1. The first-order valence-corrected chi connectivity index (χ1v) is 7.19. The van der Waals surface area contributed by atoms with Crippen LogP contribution in [0, 0.1) is 10.5 Å². The second-order valence-corrected chi connectivity index (χ2v) is 6.07. The highest BCUT2D eigenvalue weighted by molar-refractivity contribution is 14.1. The molecule has 0 aliphatic carbocycles. The highest BCUT2D eigenvalue weighted by atomic mass is 127. The summed E-state index contributed by atoms with van der Waals surface area (Å²) in [5.41, 5.74) is 2.52. The number of anilines is 1. The van der Waals surface area contributed by atoms with Gasteiger partial charge < -0.3 is 5.32 Å². The molecule has 1 heterocycles. The van der Waals surface area contributed by atoms with Crippen molar-refractivity contribution in [2.24, 2.45) is 0 Å². The smallest absolute Gasteiger partial charge is 0.0578 e. The molecule has 1 nitrogen and oxygen atoms in total. The van der Waals surface area contributed by atoms with E-state index in [0.717, 1.165) is 0 Å². The molecule has 84 valence electrons. The zero-order valence-corrected chi connectivity index (χ0v) is 12.3. The highest BCUT2D eigenvalue weighted by Gasteiger charge is 2.07. The minimum Gasteiger partial charge on any atom is -0.377 e. The van der Waals surface area contributed by atoms with Gasteiger partial charge in [0, 0.05) is 14.1 Å². The quantitative estimate of drug-likeness (QED) is 0.787. The summed E-state index contributed by atoms with van der Waals surface area (Å²) in [5, 5.41) is 5.67. The van der Waals surface area contributed by atoms with Crippen LogP contribution in [0.15, 0.2) is 35.7 Å². The van der Waals surface area contributed by atoms with Crippen LogP contribution >= 0.6 is 33.9 Å². The molecule has 0 spiro atoms. The Morgan fingerprint density at radius 2 is 2.12 bits per heavy atom. The van der Waals surface area contributed by atoms with Crippen LogP contribution in [-0.4, -0.2) is 0 Å². The van der Waals surface area contributed by atoms with E-state index in [-0.39, 0.29) is 0 Å². The first kappa shape index (κ1) is 11.9. The molecule has 0 aliphatic rings. The normalized spacial score (nSPS) is 12.4. The summed E-state index contributed by atoms with van der Waals surface area (Å²) >= 11 is 4.14. The largest absolute Gasteiger partial charge is 0.377 e. The lowest BCUT2D eigenvalue weighted by atomic mass is 10.2. The van der Waals surface area contributed by atoms with Gasteiger partial charge in [-0.25, -0.2) is 0 Å². The van der Waals surface area contributed by atoms with Crippen molar-refractivity contribution in [1.29, 1.82) is 0 Å². The van der Waals surface area contributed by atoms with Crippen LogP contribution in [0.4, 0.5) is 5.69 Å². The molecular weight excluding hydrogens is 329 g/mol. The third-order valence-corrected chi connectivity index (χ3v) is 4.26. The fourth-order valence-corrected chi connectivity index (χ4v) is 3.01. The Morgan fingerprint density at radius 1 is 1.31 bits per heavy atom. The predicted octanol–water partition coefficient (Wildman–Crippen LogP) is 4.83. The minimum atomic E-state index is 0.374. The summed E-state index contributed by atoms with van der Waals surface area (Å²) in [6, 6.07) is 11.1. The molecule has 1 aromatic heterocycles. The van der Waals surface area contributed by atoms with Crippen LogP contribution in [0.5, 0.6) is 0 Å². The second kappa shape index (κ2) is 5.19. The average molecular weight is 343 g/mol. The van der Waals surface area contributed by atoms with E-state index in [0.29, 0.717) is 6.04 Å². The molecule has 0 saturated carbocycles. The molecule has 16 heavy (non-hydrogen) atoms. The predicted molar refractivity (Wildman–Crippen MR) is 80.3 cm³/mol. The molecule has 1 N–H and O–H groups in total. The van der Waals surface area contributed by atoms with E-state index in [9.17, 15) is 0 Å². The van der Waals surface area contributed by atoms with Crippen LogP contribution in [0.1, 0.15) is 23.4 Å². The van der Waals surface area contributed by atoms with Gasteiger partial charge in [-0.2, -0.15) is 0 Å². The summed E-state index contributed by atoms with van der Waals surface area (Å²) in [6.45, 7) is 4.34. The van der Waals surface area contributed by atoms with Crippen molar-refractivity contribution in [1.82, 2.24) is 0 Å². The van der Waals surface area contributed by atoms with Gasteiger partial charge >= 0.3 is 0 Å². The standard InChI is InChI=1S/C13H14INS/c1-9-8-11(14)5-6-12(9)15-10(2)13-4-3-7-16-13/h3-8,10,15H,1-2H3. The summed E-state index contributed by atoms with van der Waals surface area (Å²) in [5.74, 6) is 0. The summed E-state index contributed by atoms with van der Waals surface area (Å²) in [6.07, 6.45) is 0. The van der Waals surface area contributed by atoms with Gasteiger partial charge in [-0.15, -0.1) is 11.3 Å². The summed E-state index contributed by atoms with van der Waals surface area (Å²) in [4.78, 5) is 1.37. The van der Waals surface area contributed by atoms with Gasteiger partial charge in [0.2, 0.25) is 0 Å². The van der Waals surface area contributed by atoms with E-state index in [4.69, 9.17) is 0 Å². The van der Waals surface area contributed by atoms with Gasteiger partial charge in [-0.3, -0.25) is 0 Å². The Kier molecular flexibility index (Phi) is 3.86. The van der Waals surface area contributed by atoms with Crippen LogP contribution in [-0.2, 0) is 0 Å². The van der Waals surface area contributed by atoms with Gasteiger partial charge in [0.1, 0.15) is 0 Å². The summed E-state index contributed by atoms with van der Waals surface area (Å²) in [7, 11) is 0. The molecule has 2 rings (SSSR count). The number of hydrogen-bond acceptors (Lipinski definition) is 2. The third kappa shape index (κ3) is 2.77. The van der Waals surface area contributed by atoms with Gasteiger partial charge in [0.25, 0.3) is 0 Å². The number of rotatable bonds is 3. The molecule has 2 aromatic rings. The van der Waals surface area contributed by atoms with E-state index < -0.39 is 0 Å². The number of benzene rings is 1. The molecule has 0 radical (unpaired) electrons. The fourth-order valence-electron chi connectivity index (χ4n) is 1.63. The van der Waals surface area contributed by atoms with Crippen LogP contribution in [0.25, 0.3) is 0 Å². The molecule has 0 amide bonds. The first-order chi connectivity index (χ1) is 7.66. The zero-order valence-electron chi connectivity index (χ0n) is 9.33. The maximum atomic E-state index is 3.55. The molecule has 1 aromatic carbocycles. The molecule has 0 saturated heterocycles. The van der Waals surface area contributed by atoms with Gasteiger partial charge in [0.05, 0.1) is 6.04 Å². The lowest BCUT2D eigenvalue weighted by Gasteiger charge is -2.15. The SMILES string of the molecule is Cc1cc(I)ccc1NC(C)c1cccs1. The number of thiophene rings is 1. The van der Waals surface area contributed by atoms with Gasteiger partial charge in [-0.05, 0) is 71.6 Å². The average Bonchev–Trinajstić information content (AvgIpc) is 2.75. The molecule has 0 aliphatic heterocycles. The van der Waals surface area contributed by atoms with E-state index in [1.165, 1.54) is 19.7 Å². The van der Waals surface area contributed by atoms with Crippen molar-refractivity contribution < 1.29 is 0 Å². The van der Waals surface area contributed by atoms with E-state index in [1.807, 2.05) is 0 Å². The molecular formula is C13H14INS. The molecule has 1 unspecified atom stereocenters. The fraction of sp³-hybridized carbons (Fsp3) is 0.231. The Hall–Kier alpha value is -0.550. The summed E-state index contributed by atoms with van der Waals surface area (Å²) < 4.78 is 1.28. The number of halogens is 1. The monoisotopic (exact) mass is 343 g/mol. The Balaban J connectivity index is 2.15. The van der Waals surface area contributed by atoms with Crippen LogP contribution in [0.2, 0.25) is 0 Å². The van der Waals surface area contributed by atoms with Gasteiger partial charge in [0.15, 0.2) is 0 Å². The Labute approximate surface area is 114 Å². The lowest BCUT2D eigenvalue weighted by Crippen LogP contribution is -2.06. The van der Waals surface area contributed by atoms with E-state index >= 15 is 0 Å². The van der Waals surface area contributed by atoms with Crippen molar-refractivity contribution in [3.63, 3.8) is 0 Å². The van der Waals surface area contributed by atoms with Gasteiger partial charge in [-0.1, -0.05) is 6.07 Å². The van der Waals surface area contributed by atoms with E-state index in [2.05, 4.69) is 77.5 Å². The Bertz CT molecular complexity index is 465. The Morgan fingerprint density at radius 3 is 2.75 bits per heavy atom. The maximum absolute atomic E-state index is 3.55. The maximum Gasteiger partial charge on any atom is 0.0578 e. The lowest BCUT2D eigenvalue weighted by molar-refractivity contribution is 0.905. The van der Waals surface area contributed by atoms with Crippen LogP contribution in [0.3, 0.4) is 0 Å². The number of nitrogens with one attached hydrogen (secondary N) is 1. The van der Waals surface area contributed by atoms with Crippen molar-refractivity contribution in [2.75, 3.05) is 5.32 Å². The molecule has 1 atom stereocenters. The minimum absolute atomic E-state index is 0.374. The molecule has 0 fully saturated rings. The topological polar surface area (TPSA) is 12.0 Å². The first-order valence-electron chi connectivity index (χ1n) is 5.23. The molecule has 3 heteroatoms. The highest BCUT2D eigenvalue weighted by Crippen LogP contribution is 2.25.